The molecule has 0 aliphatic heterocycles. The zero-order valence-corrected chi connectivity index (χ0v) is 9.59. The van der Waals surface area contributed by atoms with Crippen molar-refractivity contribution in [2.45, 2.75) is 39.3 Å². The molecule has 0 heterocycles. The Morgan fingerprint density at radius 3 is 2.57 bits per heavy atom. The fraction of sp³-hybridized carbons (Fsp3) is 0.900. The zero-order valence-electron chi connectivity index (χ0n) is 9.59. The molecule has 14 heavy (non-hydrogen) atoms. The molecule has 0 spiro atoms. The van der Waals surface area contributed by atoms with Crippen LogP contribution in [0.25, 0.3) is 0 Å². The fourth-order valence-corrected chi connectivity index (χ4v) is 1.07. The Bertz CT molecular complexity index is 162. The molecule has 4 nitrogen and oxygen atoms in total. The van der Waals surface area contributed by atoms with Gasteiger partial charge in [-0.15, -0.1) is 0 Å². The highest BCUT2D eigenvalue weighted by Crippen LogP contribution is 1.95. The summed E-state index contributed by atoms with van der Waals surface area (Å²) in [6.07, 6.45) is 0.693. The van der Waals surface area contributed by atoms with E-state index in [0.29, 0.717) is 19.5 Å². The molecule has 4 heteroatoms. The number of amides is 1. The molecule has 0 saturated carbocycles. The predicted octanol–water partition coefficient (Wildman–Crippen LogP) is 0.526. The largest absolute Gasteiger partial charge is 0.380 e. The minimum absolute atomic E-state index is 0.0947. The van der Waals surface area contributed by atoms with Crippen molar-refractivity contribution in [1.29, 1.82) is 0 Å². The number of carbonyl (C=O) groups is 1. The van der Waals surface area contributed by atoms with Crippen LogP contribution in [0.3, 0.4) is 0 Å². The number of carbonyl (C=O) groups excluding carboxylic acids is 1. The first-order valence-corrected chi connectivity index (χ1v) is 5.14. The first kappa shape index (κ1) is 13.4. The molecule has 0 aliphatic carbocycles. The van der Waals surface area contributed by atoms with Crippen LogP contribution < -0.4 is 10.6 Å². The lowest BCUT2D eigenvalue weighted by atomic mass is 10.2. The molecule has 1 amide bonds. The second kappa shape index (κ2) is 7.76. The SMILES string of the molecule is CCNC(=O)CCNC(C)C(C)OC. The van der Waals surface area contributed by atoms with Crippen molar-refractivity contribution in [3.05, 3.63) is 0 Å². The smallest absolute Gasteiger partial charge is 0.221 e. The second-order valence-corrected chi connectivity index (χ2v) is 3.39. The maximum atomic E-state index is 11.1. The average molecular weight is 202 g/mol. The van der Waals surface area contributed by atoms with Crippen LogP contribution in [0.5, 0.6) is 0 Å². The molecular formula is C10H22N2O2. The highest BCUT2D eigenvalue weighted by molar-refractivity contribution is 5.75. The van der Waals surface area contributed by atoms with Crippen molar-refractivity contribution in [2.75, 3.05) is 20.2 Å². The lowest BCUT2D eigenvalue weighted by molar-refractivity contribution is -0.120. The minimum atomic E-state index is 0.0947. The number of rotatable bonds is 7. The molecule has 0 fully saturated rings. The molecule has 0 aromatic carbocycles. The van der Waals surface area contributed by atoms with Crippen molar-refractivity contribution in [3.63, 3.8) is 0 Å². The van der Waals surface area contributed by atoms with Crippen LogP contribution in [0, 0.1) is 0 Å². The third-order valence-corrected chi connectivity index (χ3v) is 2.27. The highest BCUT2D eigenvalue weighted by atomic mass is 16.5. The van der Waals surface area contributed by atoms with E-state index in [9.17, 15) is 4.79 Å². The summed E-state index contributed by atoms with van der Waals surface area (Å²) in [7, 11) is 1.69. The van der Waals surface area contributed by atoms with Gasteiger partial charge in [0.05, 0.1) is 6.10 Å². The topological polar surface area (TPSA) is 50.4 Å². The Hall–Kier alpha value is -0.610. The van der Waals surface area contributed by atoms with Crippen LogP contribution in [0.4, 0.5) is 0 Å². The van der Waals surface area contributed by atoms with E-state index < -0.39 is 0 Å². The van der Waals surface area contributed by atoms with Crippen LogP contribution in [0.15, 0.2) is 0 Å². The van der Waals surface area contributed by atoms with Gasteiger partial charge in [-0.2, -0.15) is 0 Å². The van der Waals surface area contributed by atoms with Crippen LogP contribution in [-0.2, 0) is 9.53 Å². The van der Waals surface area contributed by atoms with Gasteiger partial charge >= 0.3 is 0 Å². The molecule has 0 bridgehead atoms. The van der Waals surface area contributed by atoms with Gasteiger partial charge < -0.3 is 15.4 Å². The molecule has 2 atom stereocenters. The normalized spacial score (nSPS) is 14.9. The standard InChI is InChI=1S/C10H22N2O2/c1-5-11-10(13)6-7-12-8(2)9(3)14-4/h8-9,12H,5-7H2,1-4H3,(H,11,13). The van der Waals surface area contributed by atoms with Crippen molar-refractivity contribution in [1.82, 2.24) is 10.6 Å². The Labute approximate surface area is 86.4 Å². The molecule has 2 unspecified atom stereocenters. The van der Waals surface area contributed by atoms with E-state index in [2.05, 4.69) is 10.6 Å². The summed E-state index contributed by atoms with van der Waals surface area (Å²) in [5.74, 6) is 0.0947. The van der Waals surface area contributed by atoms with Gasteiger partial charge in [-0.3, -0.25) is 4.79 Å². The lowest BCUT2D eigenvalue weighted by Gasteiger charge is -2.19. The number of methoxy groups -OCH3 is 1. The van der Waals surface area contributed by atoms with Gasteiger partial charge in [0.1, 0.15) is 0 Å². The Kier molecular flexibility index (Phi) is 7.42. The molecule has 84 valence electrons. The zero-order chi connectivity index (χ0) is 11.0. The average Bonchev–Trinajstić information content (AvgIpc) is 2.16. The van der Waals surface area contributed by atoms with Crippen molar-refractivity contribution < 1.29 is 9.53 Å². The monoisotopic (exact) mass is 202 g/mol. The summed E-state index contributed by atoms with van der Waals surface area (Å²) in [5, 5.41) is 5.99. The number of ether oxygens (including phenoxy) is 1. The van der Waals surface area contributed by atoms with E-state index in [1.165, 1.54) is 0 Å². The quantitative estimate of drug-likeness (QED) is 0.633. The number of hydrogen-bond donors (Lipinski definition) is 2. The predicted molar refractivity (Wildman–Crippen MR) is 57.2 cm³/mol. The van der Waals surface area contributed by atoms with Gasteiger partial charge in [0, 0.05) is 32.7 Å². The van der Waals surface area contributed by atoms with Crippen molar-refractivity contribution in [2.24, 2.45) is 0 Å². The van der Waals surface area contributed by atoms with Gasteiger partial charge in [-0.05, 0) is 20.8 Å². The first-order valence-electron chi connectivity index (χ1n) is 5.14. The Morgan fingerprint density at radius 2 is 2.07 bits per heavy atom. The van der Waals surface area contributed by atoms with E-state index >= 15 is 0 Å². The van der Waals surface area contributed by atoms with E-state index in [4.69, 9.17) is 4.74 Å². The fourth-order valence-electron chi connectivity index (χ4n) is 1.07. The summed E-state index contributed by atoms with van der Waals surface area (Å²) >= 11 is 0. The number of nitrogens with one attached hydrogen (secondary N) is 2. The van der Waals surface area contributed by atoms with Crippen LogP contribution in [0.1, 0.15) is 27.2 Å². The van der Waals surface area contributed by atoms with Gasteiger partial charge in [-0.25, -0.2) is 0 Å². The molecular weight excluding hydrogens is 180 g/mol. The van der Waals surface area contributed by atoms with E-state index in [1.54, 1.807) is 7.11 Å². The van der Waals surface area contributed by atoms with Gasteiger partial charge in [-0.1, -0.05) is 0 Å². The van der Waals surface area contributed by atoms with Crippen LogP contribution >= 0.6 is 0 Å². The van der Waals surface area contributed by atoms with Gasteiger partial charge in [0.25, 0.3) is 0 Å². The molecule has 0 radical (unpaired) electrons. The third-order valence-electron chi connectivity index (χ3n) is 2.27. The summed E-state index contributed by atoms with van der Waals surface area (Å²) in [4.78, 5) is 11.1. The molecule has 0 aromatic heterocycles. The Morgan fingerprint density at radius 1 is 1.43 bits per heavy atom. The molecule has 0 aromatic rings. The van der Waals surface area contributed by atoms with Crippen molar-refractivity contribution >= 4 is 5.91 Å². The molecule has 0 rings (SSSR count). The van der Waals surface area contributed by atoms with Gasteiger partial charge in [0.2, 0.25) is 5.91 Å². The molecule has 2 N–H and O–H groups in total. The molecule has 0 aliphatic rings. The third kappa shape index (κ3) is 5.94. The number of hydrogen-bond acceptors (Lipinski definition) is 3. The summed E-state index contributed by atoms with van der Waals surface area (Å²) < 4.78 is 5.15. The molecule has 0 saturated heterocycles. The van der Waals surface area contributed by atoms with E-state index in [-0.39, 0.29) is 18.1 Å². The second-order valence-electron chi connectivity index (χ2n) is 3.39. The minimum Gasteiger partial charge on any atom is -0.380 e. The van der Waals surface area contributed by atoms with E-state index in [0.717, 1.165) is 0 Å². The lowest BCUT2D eigenvalue weighted by Crippen LogP contribution is -2.38. The summed E-state index contributed by atoms with van der Waals surface area (Å²) in [6, 6.07) is 0.273. The van der Waals surface area contributed by atoms with Crippen LogP contribution in [-0.4, -0.2) is 38.3 Å². The van der Waals surface area contributed by atoms with Crippen LogP contribution in [0.2, 0.25) is 0 Å². The maximum Gasteiger partial charge on any atom is 0.221 e. The maximum absolute atomic E-state index is 11.1. The summed E-state index contributed by atoms with van der Waals surface area (Å²) in [6.45, 7) is 7.36. The summed E-state index contributed by atoms with van der Waals surface area (Å²) in [5.41, 5.74) is 0. The van der Waals surface area contributed by atoms with Gasteiger partial charge in [0.15, 0.2) is 0 Å². The first-order chi connectivity index (χ1) is 6.61. The van der Waals surface area contributed by atoms with Crippen molar-refractivity contribution in [3.8, 4) is 0 Å². The highest BCUT2D eigenvalue weighted by Gasteiger charge is 2.10. The Balaban J connectivity index is 3.48. The van der Waals surface area contributed by atoms with E-state index in [1.807, 2.05) is 20.8 Å².